The highest BCUT2D eigenvalue weighted by Crippen LogP contribution is 2.39. The first-order valence-corrected chi connectivity index (χ1v) is 6.45. The van der Waals surface area contributed by atoms with Crippen molar-refractivity contribution in [3.8, 4) is 0 Å². The summed E-state index contributed by atoms with van der Waals surface area (Å²) < 4.78 is 3.21. The average Bonchev–Trinajstić information content (AvgIpc) is 3.04. The van der Waals surface area contributed by atoms with Gasteiger partial charge in [-0.1, -0.05) is 15.9 Å². The molecular formula is C13H12BrNO2. The van der Waals surface area contributed by atoms with E-state index in [1.165, 1.54) is 12.8 Å². The highest BCUT2D eigenvalue weighted by atomic mass is 79.9. The fourth-order valence-electron chi connectivity index (χ4n) is 2.26. The van der Waals surface area contributed by atoms with E-state index in [0.29, 0.717) is 6.04 Å². The van der Waals surface area contributed by atoms with E-state index in [9.17, 15) is 4.79 Å². The van der Waals surface area contributed by atoms with Crippen molar-refractivity contribution in [3.63, 3.8) is 0 Å². The first-order valence-electron chi connectivity index (χ1n) is 5.66. The third-order valence-electron chi connectivity index (χ3n) is 3.16. The van der Waals surface area contributed by atoms with E-state index in [-0.39, 0.29) is 6.42 Å². The molecule has 0 aliphatic heterocycles. The topological polar surface area (TPSA) is 42.2 Å². The van der Waals surface area contributed by atoms with Gasteiger partial charge >= 0.3 is 5.97 Å². The molecule has 0 unspecified atom stereocenters. The van der Waals surface area contributed by atoms with Gasteiger partial charge in [-0.3, -0.25) is 4.79 Å². The highest BCUT2D eigenvalue weighted by Gasteiger charge is 2.26. The van der Waals surface area contributed by atoms with Crippen molar-refractivity contribution in [1.82, 2.24) is 4.57 Å². The van der Waals surface area contributed by atoms with Gasteiger partial charge in [0.15, 0.2) is 0 Å². The van der Waals surface area contributed by atoms with Crippen LogP contribution in [0.1, 0.15) is 24.4 Å². The lowest BCUT2D eigenvalue weighted by molar-refractivity contribution is -0.136. The van der Waals surface area contributed by atoms with Crippen LogP contribution in [0.4, 0.5) is 0 Å². The summed E-state index contributed by atoms with van der Waals surface area (Å²) in [6.45, 7) is 0. The summed E-state index contributed by atoms with van der Waals surface area (Å²) in [7, 11) is 0. The molecule has 2 aromatic rings. The van der Waals surface area contributed by atoms with E-state index in [0.717, 1.165) is 20.9 Å². The Bertz CT molecular complexity index is 599. The third-order valence-corrected chi connectivity index (χ3v) is 3.65. The second-order valence-electron chi connectivity index (χ2n) is 4.52. The zero-order chi connectivity index (χ0) is 12.0. The Morgan fingerprint density at radius 3 is 2.88 bits per heavy atom. The van der Waals surface area contributed by atoms with Crippen LogP contribution in [-0.2, 0) is 11.2 Å². The van der Waals surface area contributed by atoms with Gasteiger partial charge in [-0.25, -0.2) is 0 Å². The molecule has 0 bridgehead atoms. The number of carboxylic acids is 1. The van der Waals surface area contributed by atoms with E-state index in [4.69, 9.17) is 5.11 Å². The number of fused-ring (bicyclic) bond motifs is 1. The van der Waals surface area contributed by atoms with Crippen LogP contribution in [0, 0.1) is 0 Å². The molecule has 1 aliphatic rings. The minimum absolute atomic E-state index is 0.0900. The van der Waals surface area contributed by atoms with Gasteiger partial charge in [-0.05, 0) is 36.6 Å². The van der Waals surface area contributed by atoms with Crippen molar-refractivity contribution in [3.05, 3.63) is 34.4 Å². The lowest BCUT2D eigenvalue weighted by atomic mass is 10.1. The Labute approximate surface area is 107 Å². The fourth-order valence-corrected chi connectivity index (χ4v) is 2.62. The molecule has 1 aromatic heterocycles. The summed E-state index contributed by atoms with van der Waals surface area (Å²) >= 11 is 3.44. The Kier molecular flexibility index (Phi) is 2.47. The normalized spacial score (nSPS) is 15.4. The maximum atomic E-state index is 10.9. The quantitative estimate of drug-likeness (QED) is 0.943. The fraction of sp³-hybridized carbons (Fsp3) is 0.308. The number of nitrogens with zero attached hydrogens (tertiary/aromatic N) is 1. The van der Waals surface area contributed by atoms with Crippen molar-refractivity contribution in [2.45, 2.75) is 25.3 Å². The smallest absolute Gasteiger partial charge is 0.307 e. The monoisotopic (exact) mass is 293 g/mol. The molecule has 0 radical (unpaired) electrons. The van der Waals surface area contributed by atoms with Crippen molar-refractivity contribution in [2.75, 3.05) is 0 Å². The summed E-state index contributed by atoms with van der Waals surface area (Å²) in [6.07, 6.45) is 4.49. The Morgan fingerprint density at radius 1 is 1.47 bits per heavy atom. The lowest BCUT2D eigenvalue weighted by Crippen LogP contribution is -1.99. The van der Waals surface area contributed by atoms with Crippen LogP contribution in [0.3, 0.4) is 0 Å². The Morgan fingerprint density at radius 2 is 2.24 bits per heavy atom. The number of halogens is 1. The van der Waals surface area contributed by atoms with Crippen LogP contribution in [0.15, 0.2) is 28.9 Å². The van der Waals surface area contributed by atoms with Gasteiger partial charge in [0.2, 0.25) is 0 Å². The summed E-state index contributed by atoms with van der Waals surface area (Å²) in [5.41, 5.74) is 2.05. The van der Waals surface area contributed by atoms with Crippen molar-refractivity contribution >= 4 is 32.8 Å². The van der Waals surface area contributed by atoms with Crippen LogP contribution in [0.25, 0.3) is 10.9 Å². The number of hydrogen-bond acceptors (Lipinski definition) is 1. The summed E-state index contributed by atoms with van der Waals surface area (Å²) in [4.78, 5) is 10.9. The maximum Gasteiger partial charge on any atom is 0.307 e. The van der Waals surface area contributed by atoms with Crippen LogP contribution in [0.5, 0.6) is 0 Å². The standard InChI is InChI=1S/C13H12BrNO2/c14-9-1-4-12-11(6-9)8(5-13(16)17)7-15(12)10-2-3-10/h1,4,6-7,10H,2-3,5H2,(H,16,17). The Hall–Kier alpha value is -1.29. The molecule has 1 aliphatic carbocycles. The molecule has 1 fully saturated rings. The lowest BCUT2D eigenvalue weighted by Gasteiger charge is -2.01. The molecule has 1 aromatic carbocycles. The molecule has 17 heavy (non-hydrogen) atoms. The number of benzene rings is 1. The predicted octanol–water partition coefficient (Wildman–Crippen LogP) is 3.37. The Balaban J connectivity index is 2.19. The molecule has 3 nitrogen and oxygen atoms in total. The second kappa shape index (κ2) is 3.88. The number of aliphatic carboxylic acids is 1. The minimum atomic E-state index is -0.778. The zero-order valence-electron chi connectivity index (χ0n) is 9.19. The van der Waals surface area contributed by atoms with Gasteiger partial charge in [0, 0.05) is 27.6 Å². The van der Waals surface area contributed by atoms with Crippen molar-refractivity contribution < 1.29 is 9.90 Å². The van der Waals surface area contributed by atoms with E-state index in [2.05, 4.69) is 26.6 Å². The van der Waals surface area contributed by atoms with E-state index >= 15 is 0 Å². The van der Waals surface area contributed by atoms with E-state index in [1.54, 1.807) is 0 Å². The minimum Gasteiger partial charge on any atom is -0.481 e. The molecule has 4 heteroatoms. The predicted molar refractivity (Wildman–Crippen MR) is 69.2 cm³/mol. The first kappa shape index (κ1) is 10.8. The number of carbonyl (C=O) groups is 1. The summed E-state index contributed by atoms with van der Waals surface area (Å²) in [5.74, 6) is -0.778. The van der Waals surface area contributed by atoms with Gasteiger partial charge in [0.25, 0.3) is 0 Å². The first-order chi connectivity index (χ1) is 8.15. The molecule has 0 amide bonds. The maximum absolute atomic E-state index is 10.9. The molecule has 0 spiro atoms. The van der Waals surface area contributed by atoms with E-state index < -0.39 is 5.97 Å². The number of rotatable bonds is 3. The van der Waals surface area contributed by atoms with Crippen LogP contribution in [-0.4, -0.2) is 15.6 Å². The number of aromatic nitrogens is 1. The third kappa shape index (κ3) is 1.97. The van der Waals surface area contributed by atoms with Gasteiger partial charge in [0.05, 0.1) is 6.42 Å². The molecule has 1 saturated carbocycles. The molecule has 0 atom stereocenters. The molecule has 3 rings (SSSR count). The summed E-state index contributed by atoms with van der Waals surface area (Å²) in [5, 5.41) is 9.99. The largest absolute Gasteiger partial charge is 0.481 e. The molecule has 0 saturated heterocycles. The van der Waals surface area contributed by atoms with Crippen molar-refractivity contribution in [1.29, 1.82) is 0 Å². The van der Waals surface area contributed by atoms with Gasteiger partial charge in [0.1, 0.15) is 0 Å². The van der Waals surface area contributed by atoms with E-state index in [1.807, 2.05) is 18.3 Å². The number of hydrogen-bond donors (Lipinski definition) is 1. The average molecular weight is 294 g/mol. The van der Waals surface area contributed by atoms with Gasteiger partial charge in [-0.15, -0.1) is 0 Å². The zero-order valence-corrected chi connectivity index (χ0v) is 10.8. The van der Waals surface area contributed by atoms with Crippen LogP contribution in [0.2, 0.25) is 0 Å². The highest BCUT2D eigenvalue weighted by molar-refractivity contribution is 9.10. The van der Waals surface area contributed by atoms with Crippen LogP contribution >= 0.6 is 15.9 Å². The number of carboxylic acid groups (broad SMARTS) is 1. The van der Waals surface area contributed by atoms with Crippen molar-refractivity contribution in [2.24, 2.45) is 0 Å². The SMILES string of the molecule is O=C(O)Cc1cn(C2CC2)c2ccc(Br)cc12. The molecular weight excluding hydrogens is 282 g/mol. The molecule has 88 valence electrons. The second-order valence-corrected chi connectivity index (χ2v) is 5.44. The van der Waals surface area contributed by atoms with Crippen LogP contribution < -0.4 is 0 Å². The van der Waals surface area contributed by atoms with Gasteiger partial charge < -0.3 is 9.67 Å². The molecule has 1 heterocycles. The van der Waals surface area contributed by atoms with Gasteiger partial charge in [-0.2, -0.15) is 0 Å². The summed E-state index contributed by atoms with van der Waals surface area (Å²) in [6, 6.07) is 6.64. The molecule has 1 N–H and O–H groups in total.